The molecule has 0 aromatic rings. The van der Waals surface area contributed by atoms with Gasteiger partial charge in [-0.3, -0.25) is 0 Å². The molecule has 0 amide bonds. The van der Waals surface area contributed by atoms with Crippen LogP contribution in [0.4, 0.5) is 0 Å². The summed E-state index contributed by atoms with van der Waals surface area (Å²) < 4.78 is 0. The topological polar surface area (TPSA) is 72.2 Å². The van der Waals surface area contributed by atoms with Gasteiger partial charge in [-0.05, 0) is 0 Å². The zero-order chi connectivity index (χ0) is 12.7. The Morgan fingerprint density at radius 3 is 0.444 bits per heavy atom. The van der Waals surface area contributed by atoms with Gasteiger partial charge < -0.3 is 31.9 Å². The van der Waals surface area contributed by atoms with E-state index >= 15 is 0 Å². The summed E-state index contributed by atoms with van der Waals surface area (Å²) in [5, 5.41) is 20.5. The maximum atomic E-state index is 3.41. The molecule has 1 rings (SSSR count). The van der Waals surface area contributed by atoms with E-state index in [1.54, 1.807) is 0 Å². The van der Waals surface area contributed by atoms with E-state index in [0.29, 0.717) is 0 Å². The Bertz CT molecular complexity index is 91.6. The zero-order valence-corrected chi connectivity index (χ0v) is 11.5. The van der Waals surface area contributed by atoms with Crippen molar-refractivity contribution in [3.63, 3.8) is 0 Å². The van der Waals surface area contributed by atoms with Gasteiger partial charge in [-0.2, -0.15) is 0 Å². The number of hydrogen-bond acceptors (Lipinski definition) is 6. The Hall–Kier alpha value is -0.240. The molecule has 0 aromatic heterocycles. The second-order valence-corrected chi connectivity index (χ2v) is 4.50. The van der Waals surface area contributed by atoms with Crippen molar-refractivity contribution in [3.8, 4) is 0 Å². The standard InChI is InChI=1S/C12H30N6/c1-2-14-5-6-16-9-10-18-12-11-17-8-7-15-4-3-13-1/h13-18H,1-12H2. The zero-order valence-electron chi connectivity index (χ0n) is 11.5. The fourth-order valence-corrected chi connectivity index (χ4v) is 1.81. The summed E-state index contributed by atoms with van der Waals surface area (Å²) in [6.45, 7) is 12.5. The van der Waals surface area contributed by atoms with Crippen molar-refractivity contribution in [3.05, 3.63) is 0 Å². The summed E-state index contributed by atoms with van der Waals surface area (Å²) in [5.74, 6) is 0. The average Bonchev–Trinajstić information content (AvgIpc) is 2.39. The van der Waals surface area contributed by atoms with Crippen LogP contribution in [-0.2, 0) is 0 Å². The van der Waals surface area contributed by atoms with Crippen molar-refractivity contribution in [2.24, 2.45) is 0 Å². The highest BCUT2D eigenvalue weighted by Gasteiger charge is 1.92. The molecule has 0 unspecified atom stereocenters. The molecule has 18 heavy (non-hydrogen) atoms. The van der Waals surface area contributed by atoms with Crippen molar-refractivity contribution >= 4 is 0 Å². The summed E-state index contributed by atoms with van der Waals surface area (Å²) in [4.78, 5) is 0. The molecule has 0 radical (unpaired) electrons. The van der Waals surface area contributed by atoms with Crippen LogP contribution in [0.15, 0.2) is 0 Å². The van der Waals surface area contributed by atoms with Gasteiger partial charge in [-0.25, -0.2) is 0 Å². The van der Waals surface area contributed by atoms with E-state index in [1.165, 1.54) is 0 Å². The number of nitrogens with one attached hydrogen (secondary N) is 6. The quantitative estimate of drug-likeness (QED) is 0.290. The normalized spacial score (nSPS) is 24.0. The number of hydrogen-bond donors (Lipinski definition) is 6. The lowest BCUT2D eigenvalue weighted by atomic mass is 10.4. The summed E-state index contributed by atoms with van der Waals surface area (Å²) in [6, 6.07) is 0. The molecule has 6 nitrogen and oxygen atoms in total. The van der Waals surface area contributed by atoms with E-state index in [9.17, 15) is 0 Å². The van der Waals surface area contributed by atoms with E-state index in [0.717, 1.165) is 78.5 Å². The van der Waals surface area contributed by atoms with E-state index in [1.807, 2.05) is 0 Å². The SMILES string of the molecule is C1CNCCNCCNCCNCCNCCN1. The van der Waals surface area contributed by atoms with Crippen LogP contribution in [0.5, 0.6) is 0 Å². The first-order valence-corrected chi connectivity index (χ1v) is 7.24. The molecule has 0 saturated carbocycles. The third-order valence-electron chi connectivity index (χ3n) is 2.87. The van der Waals surface area contributed by atoms with Crippen LogP contribution >= 0.6 is 0 Å². The van der Waals surface area contributed by atoms with E-state index < -0.39 is 0 Å². The second-order valence-electron chi connectivity index (χ2n) is 4.50. The minimum absolute atomic E-state index is 1.04. The minimum atomic E-state index is 1.04. The predicted octanol–water partition coefficient (Wildman–Crippen LogP) is -2.46. The van der Waals surface area contributed by atoms with Gasteiger partial charge in [0.15, 0.2) is 0 Å². The van der Waals surface area contributed by atoms with Crippen LogP contribution < -0.4 is 31.9 Å². The first-order chi connectivity index (χ1) is 9.00. The van der Waals surface area contributed by atoms with E-state index in [-0.39, 0.29) is 0 Å². The molecule has 0 spiro atoms. The summed E-state index contributed by atoms with van der Waals surface area (Å²) in [5.41, 5.74) is 0. The molecule has 1 aliphatic rings. The van der Waals surface area contributed by atoms with Crippen molar-refractivity contribution in [1.82, 2.24) is 31.9 Å². The molecule has 0 atom stereocenters. The van der Waals surface area contributed by atoms with Crippen molar-refractivity contribution in [2.45, 2.75) is 0 Å². The molecule has 1 heterocycles. The fraction of sp³-hybridized carbons (Fsp3) is 1.00. The first-order valence-electron chi connectivity index (χ1n) is 7.24. The van der Waals surface area contributed by atoms with Crippen LogP contribution in [0, 0.1) is 0 Å². The third kappa shape index (κ3) is 10.9. The van der Waals surface area contributed by atoms with Gasteiger partial charge in [-0.15, -0.1) is 0 Å². The Labute approximate surface area is 111 Å². The fourth-order valence-electron chi connectivity index (χ4n) is 1.81. The van der Waals surface area contributed by atoms with E-state index in [4.69, 9.17) is 0 Å². The second kappa shape index (κ2) is 13.2. The van der Waals surface area contributed by atoms with Gasteiger partial charge in [0.2, 0.25) is 0 Å². The van der Waals surface area contributed by atoms with Crippen molar-refractivity contribution in [1.29, 1.82) is 0 Å². The van der Waals surface area contributed by atoms with E-state index in [2.05, 4.69) is 31.9 Å². The highest BCUT2D eigenvalue weighted by molar-refractivity contribution is 4.60. The Balaban J connectivity index is 2.00. The van der Waals surface area contributed by atoms with Crippen molar-refractivity contribution < 1.29 is 0 Å². The number of rotatable bonds is 0. The Kier molecular flexibility index (Phi) is 11.6. The lowest BCUT2D eigenvalue weighted by Crippen LogP contribution is -2.39. The molecule has 108 valence electrons. The largest absolute Gasteiger partial charge is 0.314 e. The minimum Gasteiger partial charge on any atom is -0.314 e. The van der Waals surface area contributed by atoms with Gasteiger partial charge in [0.05, 0.1) is 0 Å². The highest BCUT2D eigenvalue weighted by Crippen LogP contribution is 1.66. The molecule has 1 saturated heterocycles. The van der Waals surface area contributed by atoms with Gasteiger partial charge in [-0.1, -0.05) is 0 Å². The third-order valence-corrected chi connectivity index (χ3v) is 2.87. The monoisotopic (exact) mass is 258 g/mol. The van der Waals surface area contributed by atoms with Crippen LogP contribution in [0.1, 0.15) is 0 Å². The molecule has 0 bridgehead atoms. The Morgan fingerprint density at radius 1 is 0.222 bits per heavy atom. The Morgan fingerprint density at radius 2 is 0.333 bits per heavy atom. The molecular weight excluding hydrogens is 228 g/mol. The van der Waals surface area contributed by atoms with Gasteiger partial charge in [0, 0.05) is 78.5 Å². The van der Waals surface area contributed by atoms with Gasteiger partial charge in [0.25, 0.3) is 0 Å². The smallest absolute Gasteiger partial charge is 0.00772 e. The summed E-state index contributed by atoms with van der Waals surface area (Å²) in [7, 11) is 0. The van der Waals surface area contributed by atoms with Crippen LogP contribution in [0.25, 0.3) is 0 Å². The molecule has 1 aliphatic heterocycles. The lowest BCUT2D eigenvalue weighted by molar-refractivity contribution is 0.534. The maximum Gasteiger partial charge on any atom is 0.00772 e. The van der Waals surface area contributed by atoms with Crippen LogP contribution in [0.2, 0.25) is 0 Å². The first kappa shape index (κ1) is 15.8. The predicted molar refractivity (Wildman–Crippen MR) is 77.2 cm³/mol. The van der Waals surface area contributed by atoms with Gasteiger partial charge >= 0.3 is 0 Å². The van der Waals surface area contributed by atoms with Crippen LogP contribution in [0.3, 0.4) is 0 Å². The highest BCUT2D eigenvalue weighted by atomic mass is 15.0. The lowest BCUT2D eigenvalue weighted by Gasteiger charge is -2.11. The van der Waals surface area contributed by atoms with Crippen molar-refractivity contribution in [2.75, 3.05) is 78.5 Å². The summed E-state index contributed by atoms with van der Waals surface area (Å²) >= 11 is 0. The van der Waals surface area contributed by atoms with Crippen LogP contribution in [-0.4, -0.2) is 78.5 Å². The molecular formula is C12H30N6. The van der Waals surface area contributed by atoms with Gasteiger partial charge in [0.1, 0.15) is 0 Å². The average molecular weight is 258 g/mol. The molecule has 6 N–H and O–H groups in total. The molecule has 6 heteroatoms. The molecule has 0 aromatic carbocycles. The summed E-state index contributed by atoms with van der Waals surface area (Å²) in [6.07, 6.45) is 0. The maximum absolute atomic E-state index is 3.41. The molecule has 1 fully saturated rings. The molecule has 0 aliphatic carbocycles.